The van der Waals surface area contributed by atoms with E-state index in [1.54, 1.807) is 19.1 Å². The molecule has 7 heteroatoms. The summed E-state index contributed by atoms with van der Waals surface area (Å²) < 4.78 is 5.35. The number of carbonyl (C=O) groups is 1. The number of rotatable bonds is 4. The van der Waals surface area contributed by atoms with Crippen molar-refractivity contribution in [2.24, 2.45) is 0 Å². The van der Waals surface area contributed by atoms with E-state index in [1.165, 1.54) is 0 Å². The van der Waals surface area contributed by atoms with Crippen LogP contribution in [0.15, 0.2) is 18.2 Å². The predicted molar refractivity (Wildman–Crippen MR) is 71.4 cm³/mol. The zero-order chi connectivity index (χ0) is 13.8. The van der Waals surface area contributed by atoms with Gasteiger partial charge in [0.1, 0.15) is 11.6 Å². The van der Waals surface area contributed by atoms with E-state index in [4.69, 9.17) is 16.3 Å². The van der Waals surface area contributed by atoms with Gasteiger partial charge in [-0.3, -0.25) is 15.2 Å². The molecule has 0 aliphatic carbocycles. The topological polar surface area (TPSA) is 79.9 Å². The third-order valence-electron chi connectivity index (χ3n) is 2.29. The second-order valence-electron chi connectivity index (χ2n) is 4.02. The minimum atomic E-state index is -0.350. The third-order valence-corrected chi connectivity index (χ3v) is 2.61. The van der Waals surface area contributed by atoms with Crippen LogP contribution in [0.4, 0.5) is 5.95 Å². The lowest BCUT2D eigenvalue weighted by Crippen LogP contribution is -2.21. The number of hydrogen-bond donors (Lipinski definition) is 2. The van der Waals surface area contributed by atoms with Crippen molar-refractivity contribution < 1.29 is 9.53 Å². The maximum Gasteiger partial charge on any atom is 0.264 e. The number of nitrogens with one attached hydrogen (secondary N) is 2. The van der Waals surface area contributed by atoms with Crippen molar-refractivity contribution in [3.63, 3.8) is 0 Å². The number of halogens is 1. The Hall–Kier alpha value is -2.08. The molecule has 0 fully saturated rings. The van der Waals surface area contributed by atoms with Crippen molar-refractivity contribution in [2.45, 2.75) is 13.8 Å². The SMILES string of the molecule is Cc1ccc(Cl)c(OCC(=O)Nc2n[nH]c(C)n2)c1. The Kier molecular flexibility index (Phi) is 4.01. The van der Waals surface area contributed by atoms with Crippen LogP contribution in [-0.4, -0.2) is 27.7 Å². The maximum atomic E-state index is 11.6. The first kappa shape index (κ1) is 13.4. The molecule has 19 heavy (non-hydrogen) atoms. The maximum absolute atomic E-state index is 11.6. The second-order valence-corrected chi connectivity index (χ2v) is 4.42. The molecule has 2 N–H and O–H groups in total. The lowest BCUT2D eigenvalue weighted by atomic mass is 10.2. The van der Waals surface area contributed by atoms with Gasteiger partial charge >= 0.3 is 0 Å². The molecule has 1 heterocycles. The fourth-order valence-corrected chi connectivity index (χ4v) is 1.60. The Morgan fingerprint density at radius 3 is 2.95 bits per heavy atom. The van der Waals surface area contributed by atoms with Gasteiger partial charge in [0.15, 0.2) is 6.61 Å². The summed E-state index contributed by atoms with van der Waals surface area (Å²) in [4.78, 5) is 15.6. The second kappa shape index (κ2) is 5.71. The first-order valence-electron chi connectivity index (χ1n) is 5.62. The smallest absolute Gasteiger partial charge is 0.264 e. The molecule has 0 saturated carbocycles. The van der Waals surface area contributed by atoms with E-state index < -0.39 is 0 Å². The van der Waals surface area contributed by atoms with Gasteiger partial charge in [0.05, 0.1) is 5.02 Å². The highest BCUT2D eigenvalue weighted by atomic mass is 35.5. The highest BCUT2D eigenvalue weighted by Crippen LogP contribution is 2.25. The number of benzene rings is 1. The molecule has 1 amide bonds. The zero-order valence-electron chi connectivity index (χ0n) is 10.5. The number of ether oxygens (including phenoxy) is 1. The van der Waals surface area contributed by atoms with Gasteiger partial charge < -0.3 is 4.74 Å². The molecule has 0 bridgehead atoms. The Labute approximate surface area is 115 Å². The van der Waals surface area contributed by atoms with Crippen molar-refractivity contribution in [2.75, 3.05) is 11.9 Å². The fourth-order valence-electron chi connectivity index (χ4n) is 1.42. The van der Waals surface area contributed by atoms with Gasteiger partial charge in [0, 0.05) is 0 Å². The molecule has 0 radical (unpaired) electrons. The molecular formula is C12H13ClN4O2. The number of aromatic amines is 1. The van der Waals surface area contributed by atoms with E-state index in [9.17, 15) is 4.79 Å². The number of anilines is 1. The number of amides is 1. The van der Waals surface area contributed by atoms with Gasteiger partial charge in [0.2, 0.25) is 5.95 Å². The highest BCUT2D eigenvalue weighted by Gasteiger charge is 2.08. The number of carbonyl (C=O) groups excluding carboxylic acids is 1. The van der Waals surface area contributed by atoms with Gasteiger partial charge in [0.25, 0.3) is 5.91 Å². The lowest BCUT2D eigenvalue weighted by molar-refractivity contribution is -0.118. The van der Waals surface area contributed by atoms with E-state index >= 15 is 0 Å². The zero-order valence-corrected chi connectivity index (χ0v) is 11.3. The molecule has 6 nitrogen and oxygen atoms in total. The highest BCUT2D eigenvalue weighted by molar-refractivity contribution is 6.32. The first-order chi connectivity index (χ1) is 9.04. The van der Waals surface area contributed by atoms with Gasteiger partial charge in [-0.1, -0.05) is 17.7 Å². The van der Waals surface area contributed by atoms with E-state index in [2.05, 4.69) is 20.5 Å². The molecular weight excluding hydrogens is 268 g/mol. The van der Waals surface area contributed by atoms with Gasteiger partial charge in [-0.15, -0.1) is 5.10 Å². The van der Waals surface area contributed by atoms with Crippen molar-refractivity contribution in [3.05, 3.63) is 34.6 Å². The van der Waals surface area contributed by atoms with Crippen LogP contribution < -0.4 is 10.1 Å². The first-order valence-corrected chi connectivity index (χ1v) is 6.00. The number of aryl methyl sites for hydroxylation is 2. The Bertz CT molecular complexity index is 597. The van der Waals surface area contributed by atoms with E-state index in [0.29, 0.717) is 16.6 Å². The summed E-state index contributed by atoms with van der Waals surface area (Å²) in [6, 6.07) is 5.36. The number of aromatic nitrogens is 3. The van der Waals surface area contributed by atoms with Gasteiger partial charge in [-0.2, -0.15) is 4.98 Å². The third kappa shape index (κ3) is 3.69. The van der Waals surface area contributed by atoms with Crippen LogP contribution in [0.25, 0.3) is 0 Å². The normalized spacial score (nSPS) is 10.3. The van der Waals surface area contributed by atoms with Crippen molar-refractivity contribution in [3.8, 4) is 5.75 Å². The van der Waals surface area contributed by atoms with Crippen LogP contribution >= 0.6 is 11.6 Å². The molecule has 1 aromatic heterocycles. The quantitative estimate of drug-likeness (QED) is 0.899. The van der Waals surface area contributed by atoms with Crippen LogP contribution in [0.2, 0.25) is 5.02 Å². The number of hydrogen-bond acceptors (Lipinski definition) is 4. The Morgan fingerprint density at radius 2 is 2.26 bits per heavy atom. The summed E-state index contributed by atoms with van der Waals surface area (Å²) in [6.07, 6.45) is 0. The van der Waals surface area contributed by atoms with Crippen molar-refractivity contribution >= 4 is 23.5 Å². The summed E-state index contributed by atoms with van der Waals surface area (Å²) in [5.74, 6) is 0.971. The molecule has 0 aliphatic heterocycles. The summed E-state index contributed by atoms with van der Waals surface area (Å²) in [7, 11) is 0. The predicted octanol–water partition coefficient (Wildman–Crippen LogP) is 2.09. The van der Waals surface area contributed by atoms with Gasteiger partial charge in [-0.25, -0.2) is 0 Å². The minimum absolute atomic E-state index is 0.156. The molecule has 2 rings (SSSR count). The molecule has 2 aromatic rings. The summed E-state index contributed by atoms with van der Waals surface area (Å²) in [5.41, 5.74) is 1.00. The van der Waals surface area contributed by atoms with E-state index in [0.717, 1.165) is 5.56 Å². The molecule has 1 aromatic carbocycles. The minimum Gasteiger partial charge on any atom is -0.482 e. The molecule has 0 aliphatic rings. The molecule has 100 valence electrons. The standard InChI is InChI=1S/C12H13ClN4O2/c1-7-3-4-9(13)10(5-7)19-6-11(18)15-12-14-8(2)16-17-12/h3-5H,6H2,1-2H3,(H2,14,15,16,17,18). The van der Waals surface area contributed by atoms with Crippen LogP contribution in [-0.2, 0) is 4.79 Å². The van der Waals surface area contributed by atoms with Crippen LogP contribution in [0, 0.1) is 13.8 Å². The monoisotopic (exact) mass is 280 g/mol. The molecule has 0 unspecified atom stereocenters. The average Bonchev–Trinajstić information content (AvgIpc) is 2.76. The molecule has 0 atom stereocenters. The largest absolute Gasteiger partial charge is 0.482 e. The van der Waals surface area contributed by atoms with Crippen molar-refractivity contribution in [1.29, 1.82) is 0 Å². The Balaban J connectivity index is 1.91. The summed E-state index contributed by atoms with van der Waals surface area (Å²) in [5, 5.41) is 9.39. The summed E-state index contributed by atoms with van der Waals surface area (Å²) in [6.45, 7) is 3.50. The number of nitrogens with zero attached hydrogens (tertiary/aromatic N) is 2. The Morgan fingerprint density at radius 1 is 1.47 bits per heavy atom. The van der Waals surface area contributed by atoms with Crippen LogP contribution in [0.5, 0.6) is 5.75 Å². The van der Waals surface area contributed by atoms with Crippen molar-refractivity contribution in [1.82, 2.24) is 15.2 Å². The average molecular weight is 281 g/mol. The lowest BCUT2D eigenvalue weighted by Gasteiger charge is -2.08. The number of H-pyrrole nitrogens is 1. The van der Waals surface area contributed by atoms with E-state index in [-0.39, 0.29) is 18.5 Å². The molecule has 0 spiro atoms. The fraction of sp³-hybridized carbons (Fsp3) is 0.250. The van der Waals surface area contributed by atoms with Gasteiger partial charge in [-0.05, 0) is 31.5 Å². The van der Waals surface area contributed by atoms with Crippen LogP contribution in [0.1, 0.15) is 11.4 Å². The van der Waals surface area contributed by atoms with E-state index in [1.807, 2.05) is 13.0 Å². The summed E-state index contributed by atoms with van der Waals surface area (Å²) >= 11 is 5.96. The molecule has 0 saturated heterocycles. The van der Waals surface area contributed by atoms with Crippen LogP contribution in [0.3, 0.4) is 0 Å².